The van der Waals surface area contributed by atoms with E-state index >= 15 is 0 Å². The van der Waals surface area contributed by atoms with Crippen LogP contribution in [0.25, 0.3) is 11.3 Å². The lowest BCUT2D eigenvalue weighted by atomic mass is 9.92. The van der Waals surface area contributed by atoms with Crippen LogP contribution in [0, 0.1) is 0 Å². The Morgan fingerprint density at radius 1 is 1.07 bits per heavy atom. The Labute approximate surface area is 161 Å². The highest BCUT2D eigenvalue weighted by Crippen LogP contribution is 2.41. The molecule has 1 aliphatic rings. The van der Waals surface area contributed by atoms with Crippen molar-refractivity contribution < 1.29 is 13.2 Å². The van der Waals surface area contributed by atoms with E-state index in [0.29, 0.717) is 5.13 Å². The van der Waals surface area contributed by atoms with Crippen molar-refractivity contribution in [3.63, 3.8) is 0 Å². The molecule has 4 rings (SSSR count). The van der Waals surface area contributed by atoms with Crippen molar-refractivity contribution >= 4 is 38.1 Å². The first-order valence-corrected chi connectivity index (χ1v) is 10.7. The van der Waals surface area contributed by atoms with E-state index in [1.807, 2.05) is 18.2 Å². The molecule has 0 spiro atoms. The van der Waals surface area contributed by atoms with Crippen LogP contribution in [0.1, 0.15) is 17.4 Å². The largest absolute Gasteiger partial charge is 0.326 e. The fourth-order valence-corrected chi connectivity index (χ4v) is 5.40. The van der Waals surface area contributed by atoms with Crippen molar-refractivity contribution in [1.29, 1.82) is 0 Å². The lowest BCUT2D eigenvalue weighted by Crippen LogP contribution is -2.12. The number of nitrogens with one attached hydrogen (secondary N) is 2. The third-order valence-corrected chi connectivity index (χ3v) is 6.83. The maximum absolute atomic E-state index is 12.5. The zero-order valence-electron chi connectivity index (χ0n) is 14.5. The summed E-state index contributed by atoms with van der Waals surface area (Å²) in [5.74, 6) is -0.121. The van der Waals surface area contributed by atoms with Gasteiger partial charge in [-0.1, -0.05) is 30.3 Å². The molecule has 2 aromatic carbocycles. The van der Waals surface area contributed by atoms with Crippen LogP contribution in [0.3, 0.4) is 0 Å². The zero-order valence-corrected chi connectivity index (χ0v) is 16.2. The Kier molecular flexibility index (Phi) is 4.45. The van der Waals surface area contributed by atoms with E-state index in [1.165, 1.54) is 18.3 Å². The van der Waals surface area contributed by atoms with E-state index in [9.17, 15) is 13.2 Å². The Balaban J connectivity index is 1.69. The van der Waals surface area contributed by atoms with Crippen LogP contribution < -0.4 is 10.0 Å². The Morgan fingerprint density at radius 2 is 1.85 bits per heavy atom. The van der Waals surface area contributed by atoms with E-state index in [4.69, 9.17) is 0 Å². The summed E-state index contributed by atoms with van der Waals surface area (Å²) in [6.45, 7) is 1.48. The molecular weight excluding hydrogens is 382 g/mol. The van der Waals surface area contributed by atoms with Gasteiger partial charge in [0.25, 0.3) is 10.0 Å². The Hall–Kier alpha value is -2.71. The van der Waals surface area contributed by atoms with E-state index in [0.717, 1.165) is 40.2 Å². The van der Waals surface area contributed by atoms with Gasteiger partial charge in [-0.2, -0.15) is 0 Å². The molecule has 1 amide bonds. The highest BCUT2D eigenvalue weighted by atomic mass is 32.2. The van der Waals surface area contributed by atoms with Gasteiger partial charge in [0.05, 0.1) is 10.6 Å². The Bertz CT molecular complexity index is 1120. The molecule has 6 nitrogen and oxygen atoms in total. The molecule has 138 valence electrons. The summed E-state index contributed by atoms with van der Waals surface area (Å²) in [7, 11) is -3.67. The van der Waals surface area contributed by atoms with Crippen LogP contribution in [0.15, 0.2) is 53.4 Å². The maximum atomic E-state index is 12.5. The van der Waals surface area contributed by atoms with Crippen LogP contribution in [-0.4, -0.2) is 19.3 Å². The third-order valence-electron chi connectivity index (χ3n) is 4.32. The van der Waals surface area contributed by atoms with Gasteiger partial charge >= 0.3 is 0 Å². The van der Waals surface area contributed by atoms with Crippen molar-refractivity contribution in [1.82, 2.24) is 4.98 Å². The summed E-state index contributed by atoms with van der Waals surface area (Å²) in [6.07, 6.45) is 1.52. The summed E-state index contributed by atoms with van der Waals surface area (Å²) in [5.41, 5.74) is 3.52. The summed E-state index contributed by atoms with van der Waals surface area (Å²) < 4.78 is 27.7. The fourth-order valence-electron chi connectivity index (χ4n) is 3.17. The summed E-state index contributed by atoms with van der Waals surface area (Å²) in [4.78, 5) is 17.2. The number of anilines is 2. The molecule has 0 atom stereocenters. The van der Waals surface area contributed by atoms with Gasteiger partial charge in [0.2, 0.25) is 5.91 Å². The molecule has 27 heavy (non-hydrogen) atoms. The first-order valence-electron chi connectivity index (χ1n) is 8.41. The number of hydrogen-bond acceptors (Lipinski definition) is 5. The fraction of sp³-hybridized carbons (Fsp3) is 0.158. The molecule has 8 heteroatoms. The molecule has 0 saturated heterocycles. The van der Waals surface area contributed by atoms with Crippen LogP contribution >= 0.6 is 11.3 Å². The minimum absolute atomic E-state index is 0.121. The zero-order chi connectivity index (χ0) is 19.0. The molecule has 2 N–H and O–H groups in total. The first kappa shape index (κ1) is 17.7. The molecule has 1 aliphatic carbocycles. The highest BCUT2D eigenvalue weighted by Gasteiger charge is 2.25. The number of nitrogens with zero attached hydrogens (tertiary/aromatic N) is 1. The van der Waals surface area contributed by atoms with E-state index in [2.05, 4.69) is 15.0 Å². The Morgan fingerprint density at radius 3 is 2.59 bits per heavy atom. The molecule has 0 radical (unpaired) electrons. The van der Waals surface area contributed by atoms with Crippen molar-refractivity contribution in [2.24, 2.45) is 0 Å². The number of amides is 1. The predicted octanol–water partition coefficient (Wildman–Crippen LogP) is 3.67. The number of carbonyl (C=O) groups is 1. The quantitative estimate of drug-likeness (QED) is 0.701. The average molecular weight is 399 g/mol. The topological polar surface area (TPSA) is 88.2 Å². The molecule has 0 aliphatic heterocycles. The van der Waals surface area contributed by atoms with Crippen molar-refractivity contribution in [3.8, 4) is 11.3 Å². The van der Waals surface area contributed by atoms with Crippen molar-refractivity contribution in [2.45, 2.75) is 24.7 Å². The standard InChI is InChI=1S/C19H17N3O3S2/c1-12(23)20-16-9-5-8-15-14(16)10-11-17-18(15)21-19(26-17)22-27(24,25)13-6-3-2-4-7-13/h2-9H,10-11H2,1H3,(H,20,23)(H,21,22). The summed E-state index contributed by atoms with van der Waals surface area (Å²) in [5, 5.41) is 3.20. The normalized spacial score (nSPS) is 12.8. The minimum Gasteiger partial charge on any atom is -0.326 e. The minimum atomic E-state index is -3.67. The van der Waals surface area contributed by atoms with Gasteiger partial charge in [0.1, 0.15) is 0 Å². The SMILES string of the molecule is CC(=O)Nc1cccc2c1CCc1sc(NS(=O)(=O)c3ccccc3)nc1-2. The predicted molar refractivity (Wildman–Crippen MR) is 107 cm³/mol. The monoisotopic (exact) mass is 399 g/mol. The van der Waals surface area contributed by atoms with Gasteiger partial charge in [-0.3, -0.25) is 9.52 Å². The van der Waals surface area contributed by atoms with Gasteiger partial charge in [-0.15, -0.1) is 11.3 Å². The number of aryl methyl sites for hydroxylation is 1. The first-order chi connectivity index (χ1) is 12.9. The number of carbonyl (C=O) groups excluding carboxylic acids is 1. The van der Waals surface area contributed by atoms with Gasteiger partial charge in [0.15, 0.2) is 5.13 Å². The number of aromatic nitrogens is 1. The number of fused-ring (bicyclic) bond motifs is 3. The molecule has 0 unspecified atom stereocenters. The van der Waals surface area contributed by atoms with Crippen LogP contribution in [0.2, 0.25) is 0 Å². The lowest BCUT2D eigenvalue weighted by Gasteiger charge is -2.18. The van der Waals surface area contributed by atoms with Crippen LogP contribution in [-0.2, 0) is 27.7 Å². The number of hydrogen-bond donors (Lipinski definition) is 2. The van der Waals surface area contributed by atoms with Gasteiger partial charge in [0, 0.05) is 23.1 Å². The molecule has 3 aromatic rings. The molecule has 1 heterocycles. The number of thiazole rings is 1. The summed E-state index contributed by atoms with van der Waals surface area (Å²) in [6, 6.07) is 13.9. The van der Waals surface area contributed by atoms with Crippen molar-refractivity contribution in [2.75, 3.05) is 10.0 Å². The number of sulfonamides is 1. The maximum Gasteiger partial charge on any atom is 0.263 e. The van der Waals surface area contributed by atoms with Gasteiger partial charge in [-0.05, 0) is 36.6 Å². The molecular formula is C19H17N3O3S2. The smallest absolute Gasteiger partial charge is 0.263 e. The summed E-state index contributed by atoms with van der Waals surface area (Å²) >= 11 is 1.35. The highest BCUT2D eigenvalue weighted by molar-refractivity contribution is 7.93. The second kappa shape index (κ2) is 6.79. The average Bonchev–Trinajstić information content (AvgIpc) is 3.04. The van der Waals surface area contributed by atoms with Crippen LogP contribution in [0.4, 0.5) is 10.8 Å². The lowest BCUT2D eigenvalue weighted by molar-refractivity contribution is -0.114. The molecule has 0 fully saturated rings. The molecule has 0 bridgehead atoms. The number of benzene rings is 2. The molecule has 0 saturated carbocycles. The van der Waals surface area contributed by atoms with E-state index in [1.54, 1.807) is 30.3 Å². The van der Waals surface area contributed by atoms with Gasteiger partial charge in [-0.25, -0.2) is 13.4 Å². The second-order valence-electron chi connectivity index (χ2n) is 6.22. The molecule has 1 aromatic heterocycles. The van der Waals surface area contributed by atoms with Gasteiger partial charge < -0.3 is 5.32 Å². The van der Waals surface area contributed by atoms with Crippen molar-refractivity contribution in [3.05, 3.63) is 59.0 Å². The third kappa shape index (κ3) is 3.45. The van der Waals surface area contributed by atoms with E-state index < -0.39 is 10.0 Å². The van der Waals surface area contributed by atoms with Crippen LogP contribution in [0.5, 0.6) is 0 Å². The van der Waals surface area contributed by atoms with E-state index in [-0.39, 0.29) is 10.8 Å². The number of rotatable bonds is 4. The second-order valence-corrected chi connectivity index (χ2v) is 8.99.